The highest BCUT2D eigenvalue weighted by atomic mass is 16.2. The van der Waals surface area contributed by atoms with Gasteiger partial charge in [-0.05, 0) is 50.4 Å². The van der Waals surface area contributed by atoms with Crippen LogP contribution in [0.5, 0.6) is 0 Å². The second-order valence-corrected chi connectivity index (χ2v) is 6.65. The van der Waals surface area contributed by atoms with E-state index in [0.717, 1.165) is 31.5 Å². The fourth-order valence-electron chi connectivity index (χ4n) is 3.50. The van der Waals surface area contributed by atoms with Crippen LogP contribution < -0.4 is 5.32 Å². The minimum atomic E-state index is 0.348. The number of carbonyl (C=O) groups excluding carboxylic acids is 1. The molecule has 2 aliphatic rings. The normalized spacial score (nSPS) is 28.1. The van der Waals surface area contributed by atoms with Gasteiger partial charge in [-0.2, -0.15) is 0 Å². The summed E-state index contributed by atoms with van der Waals surface area (Å²) in [6.45, 7) is 7.52. The average Bonchev–Trinajstić information content (AvgIpc) is 2.93. The van der Waals surface area contributed by atoms with Crippen molar-refractivity contribution in [3.8, 4) is 0 Å². The van der Waals surface area contributed by atoms with Gasteiger partial charge in [0.05, 0.1) is 0 Å². The van der Waals surface area contributed by atoms with Crippen molar-refractivity contribution in [3.05, 3.63) is 0 Å². The molecule has 2 rings (SSSR count). The van der Waals surface area contributed by atoms with Crippen LogP contribution in [0, 0.1) is 11.8 Å². The summed E-state index contributed by atoms with van der Waals surface area (Å²) < 4.78 is 0. The SMILES string of the molecule is CC(C)C1CCC(NCCC(=O)N2CCCC2)CC1. The van der Waals surface area contributed by atoms with Crippen LogP contribution in [0.2, 0.25) is 0 Å². The fraction of sp³-hybridized carbons (Fsp3) is 0.938. The number of hydrogen-bond donors (Lipinski definition) is 1. The zero-order chi connectivity index (χ0) is 13.7. The molecule has 3 heteroatoms. The standard InChI is InChI=1S/C16H30N2O/c1-13(2)14-5-7-15(8-6-14)17-10-9-16(19)18-11-3-4-12-18/h13-15,17H,3-12H2,1-2H3. The van der Waals surface area contributed by atoms with E-state index >= 15 is 0 Å². The first kappa shape index (κ1) is 14.8. The van der Waals surface area contributed by atoms with E-state index in [1.54, 1.807) is 0 Å². The fourth-order valence-corrected chi connectivity index (χ4v) is 3.50. The molecule has 0 aromatic rings. The van der Waals surface area contributed by atoms with E-state index in [2.05, 4.69) is 19.2 Å². The number of likely N-dealkylation sites (tertiary alicyclic amines) is 1. The van der Waals surface area contributed by atoms with Gasteiger partial charge in [0.15, 0.2) is 0 Å². The van der Waals surface area contributed by atoms with E-state index in [1.165, 1.54) is 38.5 Å². The molecule has 1 N–H and O–H groups in total. The molecule has 2 fully saturated rings. The molecular weight excluding hydrogens is 236 g/mol. The van der Waals surface area contributed by atoms with Crippen LogP contribution in [0.3, 0.4) is 0 Å². The minimum absolute atomic E-state index is 0.348. The van der Waals surface area contributed by atoms with Crippen LogP contribution in [-0.2, 0) is 4.79 Å². The predicted octanol–water partition coefficient (Wildman–Crippen LogP) is 2.80. The highest BCUT2D eigenvalue weighted by Gasteiger charge is 2.23. The second kappa shape index (κ2) is 7.28. The van der Waals surface area contributed by atoms with Crippen molar-refractivity contribution in [3.63, 3.8) is 0 Å². The maximum absolute atomic E-state index is 11.9. The Kier molecular flexibility index (Phi) is 5.68. The Morgan fingerprint density at radius 1 is 1.16 bits per heavy atom. The number of nitrogens with zero attached hydrogens (tertiary/aromatic N) is 1. The third kappa shape index (κ3) is 4.48. The van der Waals surface area contributed by atoms with Crippen LogP contribution in [0.4, 0.5) is 0 Å². The van der Waals surface area contributed by atoms with Crippen LogP contribution in [-0.4, -0.2) is 36.5 Å². The topological polar surface area (TPSA) is 32.3 Å². The lowest BCUT2D eigenvalue weighted by Gasteiger charge is -2.31. The van der Waals surface area contributed by atoms with Crippen molar-refractivity contribution < 1.29 is 4.79 Å². The lowest BCUT2D eigenvalue weighted by molar-refractivity contribution is -0.130. The molecule has 1 saturated heterocycles. The molecule has 0 atom stereocenters. The summed E-state index contributed by atoms with van der Waals surface area (Å²) >= 11 is 0. The first-order valence-corrected chi connectivity index (χ1v) is 8.18. The molecule has 0 aromatic heterocycles. The van der Waals surface area contributed by atoms with Crippen LogP contribution >= 0.6 is 0 Å². The van der Waals surface area contributed by atoms with Gasteiger partial charge in [-0.25, -0.2) is 0 Å². The molecule has 110 valence electrons. The van der Waals surface area contributed by atoms with Crippen molar-refractivity contribution in [2.45, 2.75) is 64.8 Å². The number of amides is 1. The van der Waals surface area contributed by atoms with Crippen LogP contribution in [0.1, 0.15) is 58.8 Å². The maximum Gasteiger partial charge on any atom is 0.223 e. The van der Waals surface area contributed by atoms with Gasteiger partial charge in [0.1, 0.15) is 0 Å². The van der Waals surface area contributed by atoms with E-state index in [1.807, 2.05) is 4.90 Å². The van der Waals surface area contributed by atoms with Gasteiger partial charge < -0.3 is 10.2 Å². The molecule has 0 aromatic carbocycles. The zero-order valence-corrected chi connectivity index (χ0v) is 12.7. The monoisotopic (exact) mass is 266 g/mol. The van der Waals surface area contributed by atoms with Crippen molar-refractivity contribution >= 4 is 5.91 Å². The van der Waals surface area contributed by atoms with Gasteiger partial charge >= 0.3 is 0 Å². The van der Waals surface area contributed by atoms with Gasteiger partial charge in [-0.15, -0.1) is 0 Å². The molecule has 0 bridgehead atoms. The molecule has 1 saturated carbocycles. The van der Waals surface area contributed by atoms with Gasteiger partial charge in [0.25, 0.3) is 0 Å². The minimum Gasteiger partial charge on any atom is -0.343 e. The Morgan fingerprint density at radius 2 is 1.79 bits per heavy atom. The number of hydrogen-bond acceptors (Lipinski definition) is 2. The lowest BCUT2D eigenvalue weighted by atomic mass is 9.80. The molecule has 0 spiro atoms. The van der Waals surface area contributed by atoms with Crippen LogP contribution in [0.15, 0.2) is 0 Å². The molecule has 1 heterocycles. The van der Waals surface area contributed by atoms with Gasteiger partial charge in [-0.1, -0.05) is 13.8 Å². The summed E-state index contributed by atoms with van der Waals surface area (Å²) in [5.74, 6) is 2.10. The smallest absolute Gasteiger partial charge is 0.223 e. The number of carbonyl (C=O) groups is 1. The van der Waals surface area contributed by atoms with E-state index in [4.69, 9.17) is 0 Å². The van der Waals surface area contributed by atoms with Crippen molar-refractivity contribution in [2.75, 3.05) is 19.6 Å². The summed E-state index contributed by atoms with van der Waals surface area (Å²) in [6, 6.07) is 0.654. The first-order chi connectivity index (χ1) is 9.16. The largest absolute Gasteiger partial charge is 0.343 e. The Bertz CT molecular complexity index is 276. The van der Waals surface area contributed by atoms with E-state index in [-0.39, 0.29) is 0 Å². The third-order valence-electron chi connectivity index (χ3n) is 4.95. The van der Waals surface area contributed by atoms with Gasteiger partial charge in [-0.3, -0.25) is 4.79 Å². The summed E-state index contributed by atoms with van der Waals surface area (Å²) in [5.41, 5.74) is 0. The maximum atomic E-state index is 11.9. The second-order valence-electron chi connectivity index (χ2n) is 6.65. The molecule has 1 amide bonds. The Balaban J connectivity index is 1.57. The van der Waals surface area contributed by atoms with Gasteiger partial charge in [0, 0.05) is 32.1 Å². The zero-order valence-electron chi connectivity index (χ0n) is 12.7. The molecule has 1 aliphatic carbocycles. The average molecular weight is 266 g/mol. The molecular formula is C16H30N2O. The first-order valence-electron chi connectivity index (χ1n) is 8.18. The van der Waals surface area contributed by atoms with E-state index in [9.17, 15) is 4.79 Å². The Hall–Kier alpha value is -0.570. The van der Waals surface area contributed by atoms with E-state index < -0.39 is 0 Å². The highest BCUT2D eigenvalue weighted by Crippen LogP contribution is 2.29. The molecule has 0 radical (unpaired) electrons. The van der Waals surface area contributed by atoms with Crippen molar-refractivity contribution in [2.24, 2.45) is 11.8 Å². The highest BCUT2D eigenvalue weighted by molar-refractivity contribution is 5.76. The Morgan fingerprint density at radius 3 is 2.37 bits per heavy atom. The lowest BCUT2D eigenvalue weighted by Crippen LogP contribution is -2.37. The van der Waals surface area contributed by atoms with Crippen molar-refractivity contribution in [1.29, 1.82) is 0 Å². The molecule has 0 unspecified atom stereocenters. The quantitative estimate of drug-likeness (QED) is 0.830. The third-order valence-corrected chi connectivity index (χ3v) is 4.95. The van der Waals surface area contributed by atoms with E-state index in [0.29, 0.717) is 18.4 Å². The Labute approximate surface area is 118 Å². The number of rotatable bonds is 5. The van der Waals surface area contributed by atoms with Crippen LogP contribution in [0.25, 0.3) is 0 Å². The molecule has 1 aliphatic heterocycles. The summed E-state index contributed by atoms with van der Waals surface area (Å²) in [5, 5.41) is 3.59. The molecule has 3 nitrogen and oxygen atoms in total. The summed E-state index contributed by atoms with van der Waals surface area (Å²) in [6.07, 6.45) is 8.37. The van der Waals surface area contributed by atoms with Gasteiger partial charge in [0.2, 0.25) is 5.91 Å². The summed E-state index contributed by atoms with van der Waals surface area (Å²) in [7, 11) is 0. The number of nitrogens with one attached hydrogen (secondary N) is 1. The predicted molar refractivity (Wildman–Crippen MR) is 79.0 cm³/mol. The molecule has 19 heavy (non-hydrogen) atoms. The summed E-state index contributed by atoms with van der Waals surface area (Å²) in [4.78, 5) is 13.9. The van der Waals surface area contributed by atoms with Crippen molar-refractivity contribution in [1.82, 2.24) is 10.2 Å².